The summed E-state index contributed by atoms with van der Waals surface area (Å²) >= 11 is 0. The van der Waals surface area contributed by atoms with Gasteiger partial charge in [-0.2, -0.15) is 0 Å². The second-order valence-corrected chi connectivity index (χ2v) is 3.04. The van der Waals surface area contributed by atoms with E-state index in [9.17, 15) is 9.59 Å². The van der Waals surface area contributed by atoms with E-state index in [-0.39, 0.29) is 24.9 Å². The summed E-state index contributed by atoms with van der Waals surface area (Å²) in [6.45, 7) is 1.79. The van der Waals surface area contributed by atoms with Crippen LogP contribution in [0.1, 0.15) is 13.3 Å². The van der Waals surface area contributed by atoms with E-state index in [1.807, 2.05) is 0 Å². The van der Waals surface area contributed by atoms with Gasteiger partial charge in [0.2, 0.25) is 5.91 Å². The van der Waals surface area contributed by atoms with Crippen molar-refractivity contribution in [2.45, 2.75) is 25.5 Å². The smallest absolute Gasteiger partial charge is 0.250 e. The van der Waals surface area contributed by atoms with Crippen molar-refractivity contribution in [1.29, 1.82) is 0 Å². The molecule has 0 bridgehead atoms. The van der Waals surface area contributed by atoms with Crippen molar-refractivity contribution in [3.05, 3.63) is 0 Å². The summed E-state index contributed by atoms with van der Waals surface area (Å²) in [5.74, 6) is -0.789. The van der Waals surface area contributed by atoms with Crippen molar-refractivity contribution in [2.75, 3.05) is 13.7 Å². The summed E-state index contributed by atoms with van der Waals surface area (Å²) in [6.07, 6.45) is -0.572. The van der Waals surface area contributed by atoms with Gasteiger partial charge in [-0.25, -0.2) is 0 Å². The number of rotatable bonds is 6. The molecule has 0 aliphatic rings. The molecule has 82 valence electrons. The van der Waals surface area contributed by atoms with Gasteiger partial charge >= 0.3 is 0 Å². The molecule has 0 fully saturated rings. The summed E-state index contributed by atoms with van der Waals surface area (Å²) in [4.78, 5) is 21.8. The van der Waals surface area contributed by atoms with Crippen LogP contribution in [0.5, 0.6) is 0 Å². The lowest BCUT2D eigenvalue weighted by Gasteiger charge is -2.16. The highest BCUT2D eigenvalue weighted by Gasteiger charge is 2.18. The average Bonchev–Trinajstić information content (AvgIpc) is 2.04. The van der Waals surface area contributed by atoms with Crippen LogP contribution >= 0.6 is 0 Å². The summed E-state index contributed by atoms with van der Waals surface area (Å²) in [5, 5.41) is 2.57. The van der Waals surface area contributed by atoms with Gasteiger partial charge in [0.1, 0.15) is 6.10 Å². The van der Waals surface area contributed by atoms with Crippen molar-refractivity contribution in [3.63, 3.8) is 0 Å². The molecule has 0 radical (unpaired) electrons. The number of nitrogens with one attached hydrogen (secondary N) is 1. The predicted molar refractivity (Wildman–Crippen MR) is 51.3 cm³/mol. The number of methoxy groups -OCH3 is 1. The van der Waals surface area contributed by atoms with Gasteiger partial charge in [-0.1, -0.05) is 0 Å². The number of nitrogens with two attached hydrogens (primary N) is 2. The highest BCUT2D eigenvalue weighted by atomic mass is 16.5. The van der Waals surface area contributed by atoms with E-state index in [2.05, 4.69) is 5.32 Å². The quantitative estimate of drug-likeness (QED) is 0.480. The van der Waals surface area contributed by atoms with Crippen LogP contribution in [0.2, 0.25) is 0 Å². The molecule has 6 heteroatoms. The molecule has 0 saturated carbocycles. The standard InChI is InChI=1S/C8H17N3O3/c1-5(3-7(10)12)11-8(13)6(4-9)14-2/h5-6H,3-4,9H2,1-2H3,(H2,10,12)(H,11,13). The van der Waals surface area contributed by atoms with Crippen LogP contribution < -0.4 is 16.8 Å². The van der Waals surface area contributed by atoms with Crippen molar-refractivity contribution in [2.24, 2.45) is 11.5 Å². The maximum absolute atomic E-state index is 11.3. The van der Waals surface area contributed by atoms with E-state index in [0.717, 1.165) is 0 Å². The first kappa shape index (κ1) is 12.9. The Labute approximate surface area is 83.0 Å². The molecule has 0 aliphatic heterocycles. The predicted octanol–water partition coefficient (Wildman–Crippen LogP) is -1.66. The summed E-state index contributed by atoms with van der Waals surface area (Å²) in [6, 6.07) is -0.302. The van der Waals surface area contributed by atoms with E-state index in [0.29, 0.717) is 0 Å². The fraction of sp³-hybridized carbons (Fsp3) is 0.750. The van der Waals surface area contributed by atoms with Crippen LogP contribution in [0.3, 0.4) is 0 Å². The second-order valence-electron chi connectivity index (χ2n) is 3.04. The molecule has 14 heavy (non-hydrogen) atoms. The molecule has 0 saturated heterocycles. The highest BCUT2D eigenvalue weighted by molar-refractivity contribution is 5.82. The first-order valence-electron chi connectivity index (χ1n) is 4.32. The van der Waals surface area contributed by atoms with Gasteiger partial charge in [-0.05, 0) is 6.92 Å². The number of ether oxygens (including phenoxy) is 1. The van der Waals surface area contributed by atoms with Crippen molar-refractivity contribution in [1.82, 2.24) is 5.32 Å². The molecule has 0 aromatic rings. The van der Waals surface area contributed by atoms with Crippen LogP contribution in [-0.2, 0) is 14.3 Å². The third-order valence-electron chi connectivity index (χ3n) is 1.69. The van der Waals surface area contributed by atoms with E-state index < -0.39 is 12.0 Å². The van der Waals surface area contributed by atoms with Gasteiger partial charge in [-0.15, -0.1) is 0 Å². The average molecular weight is 203 g/mol. The Balaban J connectivity index is 3.97. The zero-order valence-corrected chi connectivity index (χ0v) is 8.45. The maximum Gasteiger partial charge on any atom is 0.250 e. The molecular weight excluding hydrogens is 186 g/mol. The van der Waals surface area contributed by atoms with Crippen LogP contribution in [-0.4, -0.2) is 37.6 Å². The fourth-order valence-electron chi connectivity index (χ4n) is 0.999. The van der Waals surface area contributed by atoms with Gasteiger partial charge in [0.15, 0.2) is 0 Å². The molecule has 2 atom stereocenters. The molecule has 0 aromatic carbocycles. The minimum absolute atomic E-state index is 0.103. The molecule has 0 heterocycles. The van der Waals surface area contributed by atoms with Gasteiger partial charge in [0.25, 0.3) is 5.91 Å². The van der Waals surface area contributed by atoms with Crippen LogP contribution in [0, 0.1) is 0 Å². The third kappa shape index (κ3) is 4.78. The number of amides is 2. The Morgan fingerprint density at radius 2 is 2.07 bits per heavy atom. The molecule has 2 amide bonds. The summed E-state index contributed by atoms with van der Waals surface area (Å²) in [7, 11) is 1.40. The monoisotopic (exact) mass is 203 g/mol. The SMILES string of the molecule is COC(CN)C(=O)NC(C)CC(N)=O. The van der Waals surface area contributed by atoms with Crippen LogP contribution in [0.4, 0.5) is 0 Å². The molecule has 0 aliphatic carbocycles. The number of hydrogen-bond acceptors (Lipinski definition) is 4. The molecular formula is C8H17N3O3. The summed E-state index contributed by atoms with van der Waals surface area (Å²) in [5.41, 5.74) is 10.2. The first-order chi connectivity index (χ1) is 6.51. The number of primary amides is 1. The van der Waals surface area contributed by atoms with Crippen LogP contribution in [0.15, 0.2) is 0 Å². The summed E-state index contributed by atoms with van der Waals surface area (Å²) < 4.78 is 4.81. The topological polar surface area (TPSA) is 107 Å². The Hall–Kier alpha value is -1.14. The first-order valence-corrected chi connectivity index (χ1v) is 4.32. The van der Waals surface area contributed by atoms with E-state index >= 15 is 0 Å². The minimum atomic E-state index is -0.676. The molecule has 2 unspecified atom stereocenters. The van der Waals surface area contributed by atoms with Gasteiger partial charge in [0.05, 0.1) is 0 Å². The van der Waals surface area contributed by atoms with Gasteiger partial charge in [-0.3, -0.25) is 9.59 Å². The van der Waals surface area contributed by atoms with E-state index in [4.69, 9.17) is 16.2 Å². The fourth-order valence-corrected chi connectivity index (χ4v) is 0.999. The number of carbonyl (C=O) groups excluding carboxylic acids is 2. The molecule has 0 aromatic heterocycles. The van der Waals surface area contributed by atoms with Crippen molar-refractivity contribution >= 4 is 11.8 Å². The van der Waals surface area contributed by atoms with E-state index in [1.54, 1.807) is 6.92 Å². The maximum atomic E-state index is 11.3. The molecule has 6 nitrogen and oxygen atoms in total. The highest BCUT2D eigenvalue weighted by Crippen LogP contribution is 1.93. The molecule has 0 spiro atoms. The van der Waals surface area contributed by atoms with Crippen LogP contribution in [0.25, 0.3) is 0 Å². The Kier molecular flexibility index (Phi) is 5.82. The Morgan fingerprint density at radius 3 is 2.43 bits per heavy atom. The second kappa shape index (κ2) is 6.33. The zero-order chi connectivity index (χ0) is 11.1. The normalized spacial score (nSPS) is 14.5. The zero-order valence-electron chi connectivity index (χ0n) is 8.45. The van der Waals surface area contributed by atoms with E-state index in [1.165, 1.54) is 7.11 Å². The third-order valence-corrected chi connectivity index (χ3v) is 1.69. The minimum Gasteiger partial charge on any atom is -0.370 e. The van der Waals surface area contributed by atoms with Crippen molar-refractivity contribution in [3.8, 4) is 0 Å². The van der Waals surface area contributed by atoms with Gasteiger partial charge < -0.3 is 21.5 Å². The lowest BCUT2D eigenvalue weighted by Crippen LogP contribution is -2.45. The van der Waals surface area contributed by atoms with Crippen molar-refractivity contribution < 1.29 is 14.3 Å². The number of hydrogen-bond donors (Lipinski definition) is 3. The lowest BCUT2D eigenvalue weighted by molar-refractivity contribution is -0.131. The number of carbonyl (C=O) groups is 2. The lowest BCUT2D eigenvalue weighted by atomic mass is 10.2. The largest absolute Gasteiger partial charge is 0.370 e. The molecule has 5 N–H and O–H groups in total. The van der Waals surface area contributed by atoms with Gasteiger partial charge in [0, 0.05) is 26.1 Å². The Morgan fingerprint density at radius 1 is 1.50 bits per heavy atom. The Bertz CT molecular complexity index is 204. The molecule has 0 rings (SSSR count).